The van der Waals surface area contributed by atoms with E-state index in [1.54, 1.807) is 6.07 Å². The molecular formula is C20H20N6O2S. The van der Waals surface area contributed by atoms with Crippen molar-refractivity contribution >= 4 is 44.5 Å². The normalized spacial score (nSPS) is 11.1. The Morgan fingerprint density at radius 2 is 2.07 bits per heavy atom. The van der Waals surface area contributed by atoms with E-state index in [1.165, 1.54) is 12.1 Å². The first-order chi connectivity index (χ1) is 14.1. The summed E-state index contributed by atoms with van der Waals surface area (Å²) in [7, 11) is 0. The second-order valence-electron chi connectivity index (χ2n) is 6.30. The quantitative estimate of drug-likeness (QED) is 0.261. The molecule has 0 N–H and O–H groups in total. The summed E-state index contributed by atoms with van der Waals surface area (Å²) in [4.78, 5) is 12.7. The molecule has 0 spiro atoms. The minimum absolute atomic E-state index is 0.00442. The molecule has 0 atom stereocenters. The monoisotopic (exact) mass is 408 g/mol. The number of benzene rings is 2. The molecule has 0 unspecified atom stereocenters. The van der Waals surface area contributed by atoms with Crippen LogP contribution in [0.1, 0.15) is 25.8 Å². The van der Waals surface area contributed by atoms with Gasteiger partial charge in [-0.2, -0.15) is 9.64 Å². The van der Waals surface area contributed by atoms with Gasteiger partial charge in [-0.3, -0.25) is 10.1 Å². The fraction of sp³-hybridized carbons (Fsp3) is 0.300. The van der Waals surface area contributed by atoms with Crippen molar-refractivity contribution in [3.05, 3.63) is 52.1 Å². The molecule has 0 bridgehead atoms. The highest BCUT2D eigenvalue weighted by atomic mass is 32.1. The summed E-state index contributed by atoms with van der Waals surface area (Å²) in [5.41, 5.74) is 3.51. The van der Waals surface area contributed by atoms with Gasteiger partial charge >= 0.3 is 0 Å². The Morgan fingerprint density at radius 1 is 1.24 bits per heavy atom. The first-order valence-electron chi connectivity index (χ1n) is 9.27. The number of azo groups is 1. The van der Waals surface area contributed by atoms with Crippen molar-refractivity contribution in [3.8, 4) is 6.07 Å². The van der Waals surface area contributed by atoms with E-state index in [-0.39, 0.29) is 5.69 Å². The number of hydrogen-bond donors (Lipinski definition) is 0. The fourth-order valence-electron chi connectivity index (χ4n) is 3.01. The maximum absolute atomic E-state index is 11.0. The topological polar surface area (TPSA) is 108 Å². The third-order valence-electron chi connectivity index (χ3n) is 4.58. The lowest BCUT2D eigenvalue weighted by Gasteiger charge is -2.22. The van der Waals surface area contributed by atoms with Crippen molar-refractivity contribution < 1.29 is 4.92 Å². The van der Waals surface area contributed by atoms with E-state index in [4.69, 9.17) is 5.26 Å². The zero-order valence-electron chi connectivity index (χ0n) is 16.2. The van der Waals surface area contributed by atoms with Gasteiger partial charge < -0.3 is 4.90 Å². The number of nitro groups is 1. The standard InChI is InChI=1S/C20H20N6O2S/c1-3-14-12-15(25(4-2)11-5-10-21)6-8-18(14)22-23-20-17-13-16(26(27)28)7-9-19(17)24-29-20/h6-9,12-13H,3-5,11H2,1-2H3. The summed E-state index contributed by atoms with van der Waals surface area (Å²) in [6, 6.07) is 12.7. The van der Waals surface area contributed by atoms with Gasteiger partial charge in [-0.25, -0.2) is 0 Å². The number of nitrogens with zero attached hydrogens (tertiary/aromatic N) is 6. The molecule has 1 aromatic heterocycles. The van der Waals surface area contributed by atoms with Gasteiger partial charge in [-0.15, -0.1) is 10.2 Å². The average molecular weight is 408 g/mol. The highest BCUT2D eigenvalue weighted by Gasteiger charge is 2.12. The molecule has 2 aromatic carbocycles. The molecule has 0 aliphatic carbocycles. The van der Waals surface area contributed by atoms with Crippen molar-refractivity contribution in [2.45, 2.75) is 26.7 Å². The van der Waals surface area contributed by atoms with Crippen molar-refractivity contribution in [2.24, 2.45) is 10.2 Å². The van der Waals surface area contributed by atoms with Crippen molar-refractivity contribution in [1.29, 1.82) is 5.26 Å². The van der Waals surface area contributed by atoms with Crippen molar-refractivity contribution in [3.63, 3.8) is 0 Å². The molecule has 0 aliphatic rings. The van der Waals surface area contributed by atoms with Crippen LogP contribution in [0.15, 0.2) is 46.6 Å². The Morgan fingerprint density at radius 3 is 2.76 bits per heavy atom. The first kappa shape index (κ1) is 20.4. The Hall–Kier alpha value is -3.38. The summed E-state index contributed by atoms with van der Waals surface area (Å²) in [5, 5.41) is 29.7. The zero-order chi connectivity index (χ0) is 20.8. The Labute approximate surface area is 172 Å². The zero-order valence-corrected chi connectivity index (χ0v) is 17.0. The Bertz CT molecular complexity index is 1100. The maximum Gasteiger partial charge on any atom is 0.270 e. The second kappa shape index (κ2) is 9.21. The number of hydrogen-bond acceptors (Lipinski definition) is 8. The number of aryl methyl sites for hydroxylation is 1. The summed E-state index contributed by atoms with van der Waals surface area (Å²) in [6.45, 7) is 5.61. The lowest BCUT2D eigenvalue weighted by Crippen LogP contribution is -2.23. The summed E-state index contributed by atoms with van der Waals surface area (Å²) in [5.74, 6) is 0. The molecule has 3 aromatic rings. The molecule has 0 saturated heterocycles. The van der Waals surface area contributed by atoms with Gasteiger partial charge in [0.2, 0.25) is 0 Å². The van der Waals surface area contributed by atoms with E-state index in [2.05, 4.69) is 45.5 Å². The third kappa shape index (κ3) is 4.55. The molecule has 0 amide bonds. The first-order valence-corrected chi connectivity index (χ1v) is 10.0. The Kier molecular flexibility index (Phi) is 6.46. The van der Waals surface area contributed by atoms with Crippen LogP contribution in [0.3, 0.4) is 0 Å². The number of anilines is 1. The molecule has 148 valence electrons. The highest BCUT2D eigenvalue weighted by molar-refractivity contribution is 7.11. The average Bonchev–Trinajstić information content (AvgIpc) is 3.15. The van der Waals surface area contributed by atoms with Gasteiger partial charge in [0.05, 0.1) is 28.6 Å². The van der Waals surface area contributed by atoms with Crippen LogP contribution in [-0.4, -0.2) is 22.4 Å². The number of non-ortho nitro benzene ring substituents is 1. The maximum atomic E-state index is 11.0. The third-order valence-corrected chi connectivity index (χ3v) is 5.35. The van der Waals surface area contributed by atoms with E-state index >= 15 is 0 Å². The van der Waals surface area contributed by atoms with Gasteiger partial charge in [0, 0.05) is 36.3 Å². The van der Waals surface area contributed by atoms with Crippen LogP contribution in [-0.2, 0) is 6.42 Å². The molecule has 0 radical (unpaired) electrons. The second-order valence-corrected chi connectivity index (χ2v) is 7.05. The number of aromatic nitrogens is 1. The van der Waals surface area contributed by atoms with Crippen molar-refractivity contribution in [2.75, 3.05) is 18.0 Å². The van der Waals surface area contributed by atoms with E-state index < -0.39 is 4.92 Å². The van der Waals surface area contributed by atoms with Gasteiger partial charge in [-0.1, -0.05) is 6.92 Å². The largest absolute Gasteiger partial charge is 0.371 e. The van der Waals surface area contributed by atoms with Gasteiger partial charge in [0.1, 0.15) is 0 Å². The van der Waals surface area contributed by atoms with Crippen LogP contribution in [0, 0.1) is 21.4 Å². The SMILES string of the molecule is CCc1cc(N(CC)CCC#N)ccc1N=Nc1snc2ccc([N+](=O)[O-])cc12. The van der Waals surface area contributed by atoms with Crippen LogP contribution >= 0.6 is 11.5 Å². The number of fused-ring (bicyclic) bond motifs is 1. The molecule has 29 heavy (non-hydrogen) atoms. The molecule has 0 fully saturated rings. The summed E-state index contributed by atoms with van der Waals surface area (Å²) >= 11 is 1.16. The molecular weight excluding hydrogens is 388 g/mol. The van der Waals surface area contributed by atoms with Crippen LogP contribution in [0.2, 0.25) is 0 Å². The van der Waals surface area contributed by atoms with E-state index in [1.807, 2.05) is 12.1 Å². The van der Waals surface area contributed by atoms with Crippen LogP contribution in [0.5, 0.6) is 0 Å². The lowest BCUT2D eigenvalue weighted by molar-refractivity contribution is -0.384. The minimum Gasteiger partial charge on any atom is -0.371 e. The number of rotatable bonds is 8. The molecule has 0 aliphatic heterocycles. The Balaban J connectivity index is 1.91. The van der Waals surface area contributed by atoms with Crippen LogP contribution in [0.25, 0.3) is 10.9 Å². The van der Waals surface area contributed by atoms with E-state index in [0.717, 1.165) is 41.4 Å². The molecule has 8 nitrogen and oxygen atoms in total. The van der Waals surface area contributed by atoms with Crippen molar-refractivity contribution in [1.82, 2.24) is 4.37 Å². The van der Waals surface area contributed by atoms with E-state index in [0.29, 0.717) is 28.9 Å². The number of nitriles is 1. The van der Waals surface area contributed by atoms with E-state index in [9.17, 15) is 10.1 Å². The molecule has 3 rings (SSSR count). The number of nitro benzene ring substituents is 1. The van der Waals surface area contributed by atoms with Gasteiger partial charge in [0.25, 0.3) is 5.69 Å². The lowest BCUT2D eigenvalue weighted by atomic mass is 10.1. The van der Waals surface area contributed by atoms with Gasteiger partial charge in [-0.05, 0) is 54.7 Å². The summed E-state index contributed by atoms with van der Waals surface area (Å²) in [6.07, 6.45) is 1.26. The smallest absolute Gasteiger partial charge is 0.270 e. The molecule has 0 saturated carbocycles. The fourth-order valence-corrected chi connectivity index (χ4v) is 3.69. The minimum atomic E-state index is -0.433. The molecule has 9 heteroatoms. The predicted octanol–water partition coefficient (Wildman–Crippen LogP) is 5.92. The van der Waals surface area contributed by atoms with Gasteiger partial charge in [0.15, 0.2) is 5.00 Å². The highest BCUT2D eigenvalue weighted by Crippen LogP contribution is 2.35. The predicted molar refractivity (Wildman–Crippen MR) is 114 cm³/mol. The summed E-state index contributed by atoms with van der Waals surface area (Å²) < 4.78 is 4.28. The van der Waals surface area contributed by atoms with Crippen LogP contribution < -0.4 is 4.90 Å². The van der Waals surface area contributed by atoms with Crippen LogP contribution in [0.4, 0.5) is 22.1 Å². The molecule has 1 heterocycles.